The van der Waals surface area contributed by atoms with Crippen LogP contribution < -0.4 is 0 Å². The second-order valence-corrected chi connectivity index (χ2v) is 19.2. The minimum atomic E-state index is 0.243. The van der Waals surface area contributed by atoms with Gasteiger partial charge in [0.25, 0.3) is 0 Å². The molecule has 3 fully saturated rings. The van der Waals surface area contributed by atoms with E-state index in [4.69, 9.17) is 5.10 Å². The molecule has 0 bridgehead atoms. The average molecular weight is 749 g/mol. The fourth-order valence-electron chi connectivity index (χ4n) is 4.88. The van der Waals surface area contributed by atoms with Crippen molar-refractivity contribution in [1.29, 1.82) is 0 Å². The smallest absolute Gasteiger partial charge is 0.176 e. The highest BCUT2D eigenvalue weighted by Crippen LogP contribution is 2.69. The van der Waals surface area contributed by atoms with Crippen LogP contribution in [-0.2, 0) is 0 Å². The predicted molar refractivity (Wildman–Crippen MR) is 123 cm³/mol. The van der Waals surface area contributed by atoms with Crippen LogP contribution in [0.3, 0.4) is 0 Å². The summed E-state index contributed by atoms with van der Waals surface area (Å²) in [6.07, 6.45) is 1.44. The maximum Gasteiger partial charge on any atom is 0.176 e. The summed E-state index contributed by atoms with van der Waals surface area (Å²) in [7, 11) is 0. The standard InChI is InChI=1S/C15H19I4N3/c1-7(2)22-11(4-12(16)20-22)14-9-3-8-5-21(15(17,18)19)6-10(8)13(9)14/h4,7-10,13-14H,3,5-6H2,1-2H3/t8-,9+,10+,13+,14+/m0/s1. The topological polar surface area (TPSA) is 21.1 Å². The molecule has 1 aromatic heterocycles. The third-order valence-corrected chi connectivity index (χ3v) is 8.29. The van der Waals surface area contributed by atoms with Gasteiger partial charge in [0.15, 0.2) is -0.441 Å². The second kappa shape index (κ2) is 6.07. The minimum absolute atomic E-state index is 0.243. The molecule has 1 aromatic rings. The van der Waals surface area contributed by atoms with Crippen molar-refractivity contribution in [3.8, 4) is 0 Å². The zero-order chi connectivity index (χ0) is 15.8. The number of rotatable bonds is 3. The van der Waals surface area contributed by atoms with Gasteiger partial charge in [-0.05, 0) is 140 Å². The third kappa shape index (κ3) is 2.91. The van der Waals surface area contributed by atoms with Gasteiger partial charge in [-0.15, -0.1) is 0 Å². The molecule has 4 rings (SSSR count). The Hall–Kier alpha value is 2.09. The Bertz CT molecular complexity index is 594. The van der Waals surface area contributed by atoms with Crippen LogP contribution in [0.2, 0.25) is 0 Å². The highest BCUT2D eigenvalue weighted by molar-refractivity contribution is 14.3. The molecule has 0 N–H and O–H groups in total. The number of hydrogen-bond donors (Lipinski definition) is 0. The van der Waals surface area contributed by atoms with Crippen LogP contribution in [0, 0.1) is 27.4 Å². The van der Waals surface area contributed by atoms with Crippen LogP contribution in [0.15, 0.2) is 6.07 Å². The number of hydrogen-bond acceptors (Lipinski definition) is 2. The summed E-state index contributed by atoms with van der Waals surface area (Å²) in [6.45, 7) is 7.10. The van der Waals surface area contributed by atoms with Crippen molar-refractivity contribution in [2.75, 3.05) is 13.1 Å². The van der Waals surface area contributed by atoms with E-state index in [2.05, 4.69) is 120 Å². The maximum atomic E-state index is 4.73. The lowest BCUT2D eigenvalue weighted by Gasteiger charge is -2.26. The van der Waals surface area contributed by atoms with Crippen LogP contribution in [0.4, 0.5) is 0 Å². The van der Waals surface area contributed by atoms with Crippen LogP contribution >= 0.6 is 90.4 Å². The molecule has 22 heavy (non-hydrogen) atoms. The SMILES string of the molecule is CC(C)n1nc(I)cc1[C@H]1[C@@H]2C[C@H]3CN(C(I)(I)I)C[C@H]3[C@@H]21. The summed E-state index contributed by atoms with van der Waals surface area (Å²) in [5.41, 5.74) is 1.51. The Balaban J connectivity index is 1.54. The van der Waals surface area contributed by atoms with Crippen LogP contribution in [0.5, 0.6) is 0 Å². The molecule has 0 amide bonds. The minimum Gasteiger partial charge on any atom is -0.272 e. The molecule has 7 heteroatoms. The second-order valence-electron chi connectivity index (χ2n) is 7.23. The van der Waals surface area contributed by atoms with Crippen LogP contribution in [0.25, 0.3) is 0 Å². The molecular formula is C15H19I4N3. The molecule has 1 saturated heterocycles. The van der Waals surface area contributed by atoms with E-state index in [0.29, 0.717) is 6.04 Å². The van der Waals surface area contributed by atoms with E-state index in [1.54, 1.807) is 0 Å². The Morgan fingerprint density at radius 1 is 1.23 bits per heavy atom. The molecule has 2 heterocycles. The summed E-state index contributed by atoms with van der Waals surface area (Å²) in [5.74, 6) is 4.51. The van der Waals surface area contributed by atoms with Gasteiger partial charge >= 0.3 is 0 Å². The van der Waals surface area contributed by atoms with E-state index < -0.39 is 0 Å². The lowest BCUT2D eigenvalue weighted by molar-refractivity contribution is 0.351. The number of alkyl halides is 3. The molecule has 0 radical (unpaired) electrons. The number of aromatic nitrogens is 2. The van der Waals surface area contributed by atoms with Gasteiger partial charge in [0.1, 0.15) is 3.70 Å². The molecule has 5 atom stereocenters. The molecule has 0 unspecified atom stereocenters. The summed E-state index contributed by atoms with van der Waals surface area (Å²) >= 11 is 10.1. The molecule has 3 nitrogen and oxygen atoms in total. The van der Waals surface area contributed by atoms with Crippen molar-refractivity contribution in [3.63, 3.8) is 0 Å². The third-order valence-electron chi connectivity index (χ3n) is 5.71. The first-order valence-corrected chi connectivity index (χ1v) is 12.2. The van der Waals surface area contributed by atoms with Crippen molar-refractivity contribution in [3.05, 3.63) is 15.5 Å². The van der Waals surface area contributed by atoms with E-state index in [9.17, 15) is 0 Å². The van der Waals surface area contributed by atoms with Gasteiger partial charge in [-0.3, -0.25) is 9.58 Å². The van der Waals surface area contributed by atoms with Gasteiger partial charge < -0.3 is 0 Å². The Kier molecular flexibility index (Phi) is 4.83. The molecule has 0 spiro atoms. The van der Waals surface area contributed by atoms with Crippen molar-refractivity contribution >= 4 is 90.4 Å². The van der Waals surface area contributed by atoms with Gasteiger partial charge in [0.05, 0.1) is 0 Å². The normalized spacial score (nSPS) is 37.7. The van der Waals surface area contributed by atoms with Gasteiger partial charge in [0.2, 0.25) is 0 Å². The first kappa shape index (κ1) is 17.5. The van der Waals surface area contributed by atoms with Crippen LogP contribution in [-0.4, -0.2) is 27.3 Å². The monoisotopic (exact) mass is 749 g/mol. The van der Waals surface area contributed by atoms with Crippen molar-refractivity contribution < 1.29 is 0 Å². The largest absolute Gasteiger partial charge is 0.272 e. The van der Waals surface area contributed by atoms with Crippen molar-refractivity contribution in [2.24, 2.45) is 23.7 Å². The summed E-state index contributed by atoms with van der Waals surface area (Å²) < 4.78 is 3.68. The first-order chi connectivity index (χ1) is 10.3. The Morgan fingerprint density at radius 3 is 2.59 bits per heavy atom. The molecule has 1 aliphatic heterocycles. The maximum absolute atomic E-state index is 4.73. The van der Waals surface area contributed by atoms with Gasteiger partial charge in [-0.25, -0.2) is 0 Å². The number of likely N-dealkylation sites (tertiary alicyclic amines) is 1. The van der Waals surface area contributed by atoms with E-state index in [-0.39, 0.29) is -0.441 Å². The molecule has 2 saturated carbocycles. The van der Waals surface area contributed by atoms with Gasteiger partial charge in [-0.1, -0.05) is 0 Å². The first-order valence-electron chi connectivity index (χ1n) is 7.84. The Labute approximate surface area is 186 Å². The van der Waals surface area contributed by atoms with Crippen LogP contribution in [0.1, 0.15) is 37.9 Å². The fraction of sp³-hybridized carbons (Fsp3) is 0.800. The summed E-state index contributed by atoms with van der Waals surface area (Å²) in [5, 5.41) is 4.73. The highest BCUT2D eigenvalue weighted by atomic mass is 127. The number of halogens is 4. The highest BCUT2D eigenvalue weighted by Gasteiger charge is 2.65. The summed E-state index contributed by atoms with van der Waals surface area (Å²) in [6, 6.07) is 2.81. The van der Waals surface area contributed by atoms with Crippen molar-refractivity contribution in [1.82, 2.24) is 14.7 Å². The van der Waals surface area contributed by atoms with E-state index in [1.807, 2.05) is 0 Å². The number of fused-ring (bicyclic) bond motifs is 3. The lowest BCUT2D eigenvalue weighted by atomic mass is 9.91. The molecule has 0 aromatic carbocycles. The quantitative estimate of drug-likeness (QED) is 0.239. The van der Waals surface area contributed by atoms with E-state index in [1.165, 1.54) is 25.2 Å². The van der Waals surface area contributed by atoms with E-state index in [0.717, 1.165) is 33.3 Å². The predicted octanol–water partition coefficient (Wildman–Crippen LogP) is 5.27. The summed E-state index contributed by atoms with van der Waals surface area (Å²) in [4.78, 5) is 2.68. The van der Waals surface area contributed by atoms with Crippen molar-refractivity contribution in [2.45, 2.75) is 31.8 Å². The molecule has 122 valence electrons. The fourth-order valence-corrected chi connectivity index (χ4v) is 6.62. The molecule has 2 aliphatic carbocycles. The van der Waals surface area contributed by atoms with Gasteiger partial charge in [-0.2, -0.15) is 5.10 Å². The lowest BCUT2D eigenvalue weighted by Crippen LogP contribution is -2.32. The zero-order valence-electron chi connectivity index (χ0n) is 12.5. The average Bonchev–Trinajstić information content (AvgIpc) is 2.78. The number of nitrogens with zero attached hydrogens (tertiary/aromatic N) is 3. The molecule has 3 aliphatic rings. The Morgan fingerprint density at radius 2 is 1.95 bits per heavy atom. The van der Waals surface area contributed by atoms with Gasteiger partial charge in [0, 0.05) is 30.7 Å². The molecular weight excluding hydrogens is 730 g/mol. The zero-order valence-corrected chi connectivity index (χ0v) is 21.1. The van der Waals surface area contributed by atoms with E-state index >= 15 is 0 Å².